The van der Waals surface area contributed by atoms with Gasteiger partial charge in [0, 0.05) is 17.7 Å². The van der Waals surface area contributed by atoms with Gasteiger partial charge in [0.15, 0.2) is 11.5 Å². The van der Waals surface area contributed by atoms with E-state index >= 15 is 0 Å². The van der Waals surface area contributed by atoms with E-state index in [2.05, 4.69) is 12.2 Å². The van der Waals surface area contributed by atoms with E-state index in [1.807, 2.05) is 24.3 Å². The van der Waals surface area contributed by atoms with Crippen LogP contribution in [0.3, 0.4) is 0 Å². The van der Waals surface area contributed by atoms with Crippen molar-refractivity contribution >= 4 is 0 Å². The number of hydrogen-bond donors (Lipinski definition) is 1. The second-order valence-corrected chi connectivity index (χ2v) is 6.77. The predicted octanol–water partition coefficient (Wildman–Crippen LogP) is 5.86. The van der Waals surface area contributed by atoms with Gasteiger partial charge in [-0.25, -0.2) is 4.39 Å². The lowest BCUT2D eigenvalue weighted by atomic mass is 10.1. The molecule has 27 heavy (non-hydrogen) atoms. The summed E-state index contributed by atoms with van der Waals surface area (Å²) in [5.41, 5.74) is 1.56. The first kappa shape index (κ1) is 21.2. The lowest BCUT2D eigenvalue weighted by molar-refractivity contribution is 0.276. The van der Waals surface area contributed by atoms with Gasteiger partial charge in [0.05, 0.1) is 7.11 Å². The van der Waals surface area contributed by atoms with Gasteiger partial charge in [-0.3, -0.25) is 0 Å². The Labute approximate surface area is 162 Å². The van der Waals surface area contributed by atoms with Crippen LogP contribution in [0.4, 0.5) is 4.39 Å². The van der Waals surface area contributed by atoms with Crippen LogP contribution in [0, 0.1) is 5.82 Å². The van der Waals surface area contributed by atoms with Gasteiger partial charge in [0.2, 0.25) is 0 Å². The van der Waals surface area contributed by atoms with Crippen molar-refractivity contribution in [2.24, 2.45) is 0 Å². The second kappa shape index (κ2) is 12.3. The summed E-state index contributed by atoms with van der Waals surface area (Å²) >= 11 is 0. The molecule has 1 N–H and O–H groups in total. The normalized spacial score (nSPS) is 10.8. The van der Waals surface area contributed by atoms with E-state index in [4.69, 9.17) is 9.47 Å². The summed E-state index contributed by atoms with van der Waals surface area (Å²) in [4.78, 5) is 0. The molecule has 0 aliphatic heterocycles. The van der Waals surface area contributed by atoms with Crippen molar-refractivity contribution in [3.8, 4) is 11.5 Å². The first-order valence-corrected chi connectivity index (χ1v) is 9.99. The number of unbranched alkanes of at least 4 members (excludes halogenated alkanes) is 5. The van der Waals surface area contributed by atoms with Gasteiger partial charge in [-0.2, -0.15) is 0 Å². The minimum absolute atomic E-state index is 0.178. The summed E-state index contributed by atoms with van der Waals surface area (Å²) in [6.07, 6.45) is 7.71. The van der Waals surface area contributed by atoms with Crippen LogP contribution in [0.5, 0.6) is 11.5 Å². The molecule has 2 aromatic carbocycles. The van der Waals surface area contributed by atoms with Gasteiger partial charge in [-0.05, 0) is 25.1 Å². The summed E-state index contributed by atoms with van der Waals surface area (Å²) in [5.74, 6) is 1.10. The maximum absolute atomic E-state index is 13.9. The fourth-order valence-electron chi connectivity index (χ4n) is 3.04. The Hall–Kier alpha value is -2.07. The van der Waals surface area contributed by atoms with Crippen molar-refractivity contribution in [2.45, 2.75) is 58.6 Å². The van der Waals surface area contributed by atoms with Crippen molar-refractivity contribution < 1.29 is 13.9 Å². The third-order valence-corrected chi connectivity index (χ3v) is 4.63. The highest BCUT2D eigenvalue weighted by Gasteiger charge is 2.12. The topological polar surface area (TPSA) is 30.5 Å². The number of benzene rings is 2. The molecule has 2 rings (SSSR count). The smallest absolute Gasteiger partial charge is 0.166 e. The molecular weight excluding hydrogens is 341 g/mol. The zero-order valence-electron chi connectivity index (χ0n) is 16.6. The number of methoxy groups -OCH3 is 1. The number of nitrogens with one attached hydrogen (secondary N) is 1. The maximum atomic E-state index is 13.9. The monoisotopic (exact) mass is 373 g/mol. The summed E-state index contributed by atoms with van der Waals surface area (Å²) < 4.78 is 25.2. The van der Waals surface area contributed by atoms with E-state index in [0.29, 0.717) is 23.6 Å². The van der Waals surface area contributed by atoms with Crippen LogP contribution in [-0.2, 0) is 13.2 Å². The molecule has 0 radical (unpaired) electrons. The number of hydrogen-bond acceptors (Lipinski definition) is 3. The molecule has 0 fully saturated rings. The molecule has 0 amide bonds. The Morgan fingerprint density at radius 1 is 0.889 bits per heavy atom. The molecule has 0 spiro atoms. The standard InChI is InChI=1S/C23H32FNO2/c1-3-4-5-6-7-10-16-25-17-19-13-11-15-22(26-2)23(19)27-18-20-12-8-9-14-21(20)24/h8-9,11-15,25H,3-7,10,16-18H2,1-2H3. The van der Waals surface area contributed by atoms with E-state index in [9.17, 15) is 4.39 Å². The minimum Gasteiger partial charge on any atom is -0.493 e. The first-order valence-electron chi connectivity index (χ1n) is 9.99. The number of halogens is 1. The zero-order valence-corrected chi connectivity index (χ0v) is 16.6. The Morgan fingerprint density at radius 2 is 1.63 bits per heavy atom. The van der Waals surface area contributed by atoms with Crippen molar-refractivity contribution in [1.82, 2.24) is 5.32 Å². The van der Waals surface area contributed by atoms with Crippen molar-refractivity contribution in [3.63, 3.8) is 0 Å². The third kappa shape index (κ3) is 7.22. The molecule has 148 valence electrons. The van der Waals surface area contributed by atoms with Gasteiger partial charge in [-0.15, -0.1) is 0 Å². The average molecular weight is 374 g/mol. The van der Waals surface area contributed by atoms with Crippen LogP contribution < -0.4 is 14.8 Å². The predicted molar refractivity (Wildman–Crippen MR) is 109 cm³/mol. The first-order chi connectivity index (χ1) is 13.3. The van der Waals surface area contributed by atoms with Crippen molar-refractivity contribution in [3.05, 3.63) is 59.4 Å². The van der Waals surface area contributed by atoms with Gasteiger partial charge >= 0.3 is 0 Å². The summed E-state index contributed by atoms with van der Waals surface area (Å²) in [7, 11) is 1.62. The molecule has 0 saturated heterocycles. The average Bonchev–Trinajstić information content (AvgIpc) is 2.69. The molecule has 0 unspecified atom stereocenters. The number of rotatable bonds is 13. The fourth-order valence-corrected chi connectivity index (χ4v) is 3.04. The van der Waals surface area contributed by atoms with Crippen LogP contribution in [0.2, 0.25) is 0 Å². The molecule has 4 heteroatoms. The van der Waals surface area contributed by atoms with E-state index in [1.54, 1.807) is 19.2 Å². The van der Waals surface area contributed by atoms with E-state index < -0.39 is 0 Å². The quantitative estimate of drug-likeness (QED) is 0.446. The lowest BCUT2D eigenvalue weighted by Gasteiger charge is -2.16. The van der Waals surface area contributed by atoms with Crippen LogP contribution in [-0.4, -0.2) is 13.7 Å². The maximum Gasteiger partial charge on any atom is 0.166 e. The zero-order chi connectivity index (χ0) is 19.3. The minimum atomic E-state index is -0.254. The molecule has 3 nitrogen and oxygen atoms in total. The molecule has 0 aromatic heterocycles. The van der Waals surface area contributed by atoms with E-state index in [-0.39, 0.29) is 12.4 Å². The third-order valence-electron chi connectivity index (χ3n) is 4.63. The summed E-state index contributed by atoms with van der Waals surface area (Å²) in [6.45, 7) is 4.11. The SMILES string of the molecule is CCCCCCCCNCc1cccc(OC)c1OCc1ccccc1F. The molecule has 0 heterocycles. The molecule has 2 aromatic rings. The molecule has 0 saturated carbocycles. The van der Waals surface area contributed by atoms with Gasteiger partial charge in [0.1, 0.15) is 12.4 Å². The Bertz CT molecular complexity index is 675. The summed E-state index contributed by atoms with van der Waals surface area (Å²) in [5, 5.41) is 3.48. The van der Waals surface area contributed by atoms with Crippen LogP contribution in [0.1, 0.15) is 56.6 Å². The Kier molecular flexibility index (Phi) is 9.70. The van der Waals surface area contributed by atoms with Crippen LogP contribution in [0.25, 0.3) is 0 Å². The van der Waals surface area contributed by atoms with Gasteiger partial charge < -0.3 is 14.8 Å². The van der Waals surface area contributed by atoms with Crippen molar-refractivity contribution in [1.29, 1.82) is 0 Å². The number of para-hydroxylation sites is 1. The van der Waals surface area contributed by atoms with Crippen molar-refractivity contribution in [2.75, 3.05) is 13.7 Å². The van der Waals surface area contributed by atoms with E-state index in [1.165, 1.54) is 44.6 Å². The van der Waals surface area contributed by atoms with Gasteiger partial charge in [0.25, 0.3) is 0 Å². The largest absolute Gasteiger partial charge is 0.493 e. The summed E-state index contributed by atoms with van der Waals surface area (Å²) in [6, 6.07) is 12.5. The Balaban J connectivity index is 1.87. The van der Waals surface area contributed by atoms with Crippen LogP contribution in [0.15, 0.2) is 42.5 Å². The fraction of sp³-hybridized carbons (Fsp3) is 0.478. The van der Waals surface area contributed by atoms with Gasteiger partial charge in [-0.1, -0.05) is 69.4 Å². The lowest BCUT2D eigenvalue weighted by Crippen LogP contribution is -2.15. The molecule has 0 aliphatic rings. The highest BCUT2D eigenvalue weighted by Crippen LogP contribution is 2.32. The molecule has 0 bridgehead atoms. The van der Waals surface area contributed by atoms with Crippen LogP contribution >= 0.6 is 0 Å². The molecular formula is C23H32FNO2. The van der Waals surface area contributed by atoms with E-state index in [0.717, 1.165) is 12.1 Å². The second-order valence-electron chi connectivity index (χ2n) is 6.77. The molecule has 0 atom stereocenters. The highest BCUT2D eigenvalue weighted by atomic mass is 19.1. The highest BCUT2D eigenvalue weighted by molar-refractivity contribution is 5.46. The Morgan fingerprint density at radius 3 is 2.41 bits per heavy atom. The molecule has 0 aliphatic carbocycles. The number of ether oxygens (including phenoxy) is 2.